The molecule has 3 rings (SSSR count). The number of aromatic carboxylic acids is 1. The Hall–Kier alpha value is -3.45. The second-order valence-corrected chi connectivity index (χ2v) is 6.85. The largest absolute Gasteiger partial charge is 0.507 e. The van der Waals surface area contributed by atoms with Gasteiger partial charge < -0.3 is 14.9 Å². The van der Waals surface area contributed by atoms with Crippen molar-refractivity contribution in [1.82, 2.24) is 0 Å². The van der Waals surface area contributed by atoms with E-state index in [1.165, 1.54) is 17.7 Å². The normalized spacial score (nSPS) is 10.3. The third-order valence-corrected chi connectivity index (χ3v) is 4.84. The number of rotatable bonds is 6. The van der Waals surface area contributed by atoms with Crippen molar-refractivity contribution >= 4 is 29.5 Å². The van der Waals surface area contributed by atoms with E-state index in [1.54, 1.807) is 23.9 Å². The van der Waals surface area contributed by atoms with Crippen molar-refractivity contribution in [2.45, 2.75) is 10.6 Å². The highest BCUT2D eigenvalue weighted by Gasteiger charge is 2.12. The summed E-state index contributed by atoms with van der Waals surface area (Å²) in [5.74, 6) is -0.480. The lowest BCUT2D eigenvalue weighted by Gasteiger charge is -2.08. The predicted octanol–water partition coefficient (Wildman–Crippen LogP) is 4.99. The average molecular weight is 395 g/mol. The average Bonchev–Trinajstić information content (AvgIpc) is 2.68. The van der Waals surface area contributed by atoms with E-state index in [2.05, 4.69) is 17.4 Å². The van der Waals surface area contributed by atoms with Crippen LogP contribution in [-0.2, 0) is 5.75 Å². The second kappa shape index (κ2) is 8.96. The lowest BCUT2D eigenvalue weighted by Crippen LogP contribution is -2.16. The molecule has 28 heavy (non-hydrogen) atoms. The van der Waals surface area contributed by atoms with Crippen LogP contribution in [0.2, 0.25) is 0 Å². The highest BCUT2D eigenvalue weighted by Crippen LogP contribution is 2.25. The molecule has 0 unspecified atom stereocenters. The molecule has 0 spiro atoms. The number of hydrogen-bond acceptors (Lipinski definition) is 5. The van der Waals surface area contributed by atoms with Gasteiger partial charge in [0.05, 0.1) is 0 Å². The third-order valence-electron chi connectivity index (χ3n) is 3.76. The van der Waals surface area contributed by atoms with Crippen LogP contribution in [0.5, 0.6) is 11.5 Å². The summed E-state index contributed by atoms with van der Waals surface area (Å²) in [6.07, 6.45) is -0.743. The molecule has 0 bridgehead atoms. The highest BCUT2D eigenvalue weighted by molar-refractivity contribution is 7.98. The van der Waals surface area contributed by atoms with E-state index in [0.717, 1.165) is 16.7 Å². The Balaban J connectivity index is 1.54. The number of amides is 1. The number of phenols is 1. The molecular weight excluding hydrogens is 378 g/mol. The molecule has 6 nitrogen and oxygen atoms in total. The van der Waals surface area contributed by atoms with Crippen molar-refractivity contribution in [1.29, 1.82) is 0 Å². The Bertz CT molecular complexity index is 974. The van der Waals surface area contributed by atoms with Crippen LogP contribution in [0.3, 0.4) is 0 Å². The Morgan fingerprint density at radius 2 is 1.68 bits per heavy atom. The van der Waals surface area contributed by atoms with Crippen LogP contribution < -0.4 is 10.1 Å². The van der Waals surface area contributed by atoms with E-state index < -0.39 is 17.8 Å². The monoisotopic (exact) mass is 395 g/mol. The number of ether oxygens (including phenoxy) is 1. The van der Waals surface area contributed by atoms with Gasteiger partial charge in [-0.2, -0.15) is 0 Å². The molecule has 0 aliphatic carbocycles. The first-order valence-corrected chi connectivity index (χ1v) is 9.32. The second-order valence-electron chi connectivity index (χ2n) is 5.80. The molecule has 7 heteroatoms. The zero-order valence-electron chi connectivity index (χ0n) is 14.7. The van der Waals surface area contributed by atoms with Gasteiger partial charge in [0.15, 0.2) is 0 Å². The van der Waals surface area contributed by atoms with Gasteiger partial charge in [0.25, 0.3) is 0 Å². The molecule has 0 fully saturated rings. The topological polar surface area (TPSA) is 95.9 Å². The maximum absolute atomic E-state index is 12.0. The lowest BCUT2D eigenvalue weighted by molar-refractivity contribution is 0.0693. The fraction of sp³-hybridized carbons (Fsp3) is 0.0476. The number of anilines is 1. The molecule has 3 aromatic carbocycles. The minimum Gasteiger partial charge on any atom is -0.507 e. The molecule has 0 aliphatic rings. The smallest absolute Gasteiger partial charge is 0.417 e. The Labute approximate surface area is 165 Å². The summed E-state index contributed by atoms with van der Waals surface area (Å²) in [6.45, 7) is 0. The van der Waals surface area contributed by atoms with Crippen LogP contribution in [0.25, 0.3) is 0 Å². The first kappa shape index (κ1) is 19.3. The van der Waals surface area contributed by atoms with Crippen molar-refractivity contribution in [3.63, 3.8) is 0 Å². The van der Waals surface area contributed by atoms with Gasteiger partial charge in [-0.1, -0.05) is 30.3 Å². The Morgan fingerprint density at radius 1 is 0.964 bits per heavy atom. The van der Waals surface area contributed by atoms with Crippen molar-refractivity contribution < 1.29 is 24.5 Å². The van der Waals surface area contributed by atoms with Gasteiger partial charge in [0.2, 0.25) is 0 Å². The molecule has 0 radical (unpaired) electrons. The SMILES string of the molecule is O=C(Nc1ccc(C(=O)O)c(O)c1)Oc1ccc(SCc2ccccc2)cc1. The van der Waals surface area contributed by atoms with Crippen LogP contribution in [0.15, 0.2) is 77.7 Å². The first-order valence-electron chi connectivity index (χ1n) is 8.33. The number of nitrogens with one attached hydrogen (secondary N) is 1. The molecule has 142 valence electrons. The quantitative estimate of drug-likeness (QED) is 0.509. The van der Waals surface area contributed by atoms with Gasteiger partial charge in [-0.25, -0.2) is 9.59 Å². The molecule has 0 aliphatic heterocycles. The van der Waals surface area contributed by atoms with Crippen molar-refractivity contribution in [2.24, 2.45) is 0 Å². The zero-order chi connectivity index (χ0) is 19.9. The van der Waals surface area contributed by atoms with E-state index in [1.807, 2.05) is 30.3 Å². The van der Waals surface area contributed by atoms with Crippen LogP contribution in [-0.4, -0.2) is 22.3 Å². The summed E-state index contributed by atoms with van der Waals surface area (Å²) in [5.41, 5.74) is 1.20. The number of thioether (sulfide) groups is 1. The molecule has 3 N–H and O–H groups in total. The number of benzene rings is 3. The Morgan fingerprint density at radius 3 is 2.32 bits per heavy atom. The minimum atomic E-state index is -1.25. The summed E-state index contributed by atoms with van der Waals surface area (Å²) < 4.78 is 5.20. The zero-order valence-corrected chi connectivity index (χ0v) is 15.5. The van der Waals surface area contributed by atoms with Crippen molar-refractivity contribution in [3.05, 3.63) is 83.9 Å². The van der Waals surface area contributed by atoms with Gasteiger partial charge in [0.1, 0.15) is 17.1 Å². The van der Waals surface area contributed by atoms with Crippen LogP contribution in [0, 0.1) is 0 Å². The van der Waals surface area contributed by atoms with E-state index in [-0.39, 0.29) is 11.3 Å². The van der Waals surface area contributed by atoms with Crippen molar-refractivity contribution in [2.75, 3.05) is 5.32 Å². The highest BCUT2D eigenvalue weighted by atomic mass is 32.2. The molecule has 0 aromatic heterocycles. The van der Waals surface area contributed by atoms with Crippen LogP contribution in [0.1, 0.15) is 15.9 Å². The fourth-order valence-corrected chi connectivity index (χ4v) is 3.24. The molecule has 0 heterocycles. The van der Waals surface area contributed by atoms with Crippen LogP contribution in [0.4, 0.5) is 10.5 Å². The first-order chi connectivity index (χ1) is 13.5. The standard InChI is InChI=1S/C21H17NO5S/c23-19-12-15(6-11-18(19)20(24)25)22-21(26)27-16-7-9-17(10-8-16)28-13-14-4-2-1-3-5-14/h1-12,23H,13H2,(H,22,26)(H,24,25). The van der Waals surface area contributed by atoms with E-state index in [9.17, 15) is 14.7 Å². The Kier molecular flexibility index (Phi) is 6.18. The lowest BCUT2D eigenvalue weighted by atomic mass is 10.2. The van der Waals surface area contributed by atoms with E-state index in [4.69, 9.17) is 9.84 Å². The number of carbonyl (C=O) groups is 2. The van der Waals surface area contributed by atoms with Gasteiger partial charge >= 0.3 is 12.1 Å². The number of hydrogen-bond donors (Lipinski definition) is 3. The van der Waals surface area contributed by atoms with E-state index in [0.29, 0.717) is 5.75 Å². The number of carboxylic acids is 1. The molecule has 0 atom stereocenters. The van der Waals surface area contributed by atoms with Crippen molar-refractivity contribution in [3.8, 4) is 11.5 Å². The fourth-order valence-electron chi connectivity index (χ4n) is 2.39. The summed E-state index contributed by atoms with van der Waals surface area (Å²) in [5, 5.41) is 21.0. The summed E-state index contributed by atoms with van der Waals surface area (Å²) in [4.78, 5) is 23.9. The predicted molar refractivity (Wildman–Crippen MR) is 107 cm³/mol. The van der Waals surface area contributed by atoms with Gasteiger partial charge in [0, 0.05) is 22.4 Å². The maximum Gasteiger partial charge on any atom is 0.417 e. The molecule has 0 saturated carbocycles. The number of carboxylic acid groups (broad SMARTS) is 1. The summed E-state index contributed by atoms with van der Waals surface area (Å²) in [6, 6.07) is 20.9. The minimum absolute atomic E-state index is 0.225. The molecule has 0 saturated heterocycles. The maximum atomic E-state index is 12.0. The molecular formula is C21H17NO5S. The number of aromatic hydroxyl groups is 1. The molecule has 1 amide bonds. The van der Waals surface area contributed by atoms with Gasteiger partial charge in [-0.05, 0) is 42.0 Å². The third kappa shape index (κ3) is 5.28. The summed E-state index contributed by atoms with van der Waals surface area (Å²) >= 11 is 1.68. The molecule has 3 aromatic rings. The van der Waals surface area contributed by atoms with Crippen LogP contribution >= 0.6 is 11.8 Å². The van der Waals surface area contributed by atoms with E-state index >= 15 is 0 Å². The number of carbonyl (C=O) groups excluding carboxylic acids is 1. The summed E-state index contributed by atoms with van der Waals surface area (Å²) in [7, 11) is 0. The van der Waals surface area contributed by atoms with Gasteiger partial charge in [-0.15, -0.1) is 11.8 Å². The van der Waals surface area contributed by atoms with Gasteiger partial charge in [-0.3, -0.25) is 5.32 Å².